The molecule has 1 heterocycles. The van der Waals surface area contributed by atoms with Crippen LogP contribution in [0.15, 0.2) is 78.0 Å². The summed E-state index contributed by atoms with van der Waals surface area (Å²) in [5, 5.41) is 0. The summed E-state index contributed by atoms with van der Waals surface area (Å²) >= 11 is 0. The van der Waals surface area contributed by atoms with E-state index in [4.69, 9.17) is 4.74 Å². The lowest BCUT2D eigenvalue weighted by atomic mass is 10.1. The Balaban J connectivity index is 2.06. The maximum absolute atomic E-state index is 13.7. The molecule has 3 rings (SSSR count). The van der Waals surface area contributed by atoms with Crippen LogP contribution in [0.4, 0.5) is 5.69 Å². The maximum atomic E-state index is 13.7. The summed E-state index contributed by atoms with van der Waals surface area (Å²) in [6.07, 6.45) is 4.95. The van der Waals surface area contributed by atoms with E-state index in [-0.39, 0.29) is 6.54 Å². The second-order valence-electron chi connectivity index (χ2n) is 6.66. The third-order valence-corrected chi connectivity index (χ3v) is 6.42. The molecule has 0 aliphatic carbocycles. The van der Waals surface area contributed by atoms with Crippen LogP contribution in [0, 0.1) is 0 Å². The number of sulfonamides is 1. The largest absolute Gasteiger partial charge is 0.494 e. The van der Waals surface area contributed by atoms with Gasteiger partial charge < -0.3 is 4.74 Å². The molecule has 3 aromatic rings. The molecule has 0 bridgehead atoms. The molecule has 6 heteroatoms. The van der Waals surface area contributed by atoms with Gasteiger partial charge in [-0.2, -0.15) is 0 Å². The number of rotatable bonds is 9. The third kappa shape index (κ3) is 4.95. The van der Waals surface area contributed by atoms with Crippen molar-refractivity contribution >= 4 is 15.7 Å². The van der Waals surface area contributed by atoms with Gasteiger partial charge in [0.05, 0.1) is 23.7 Å². The van der Waals surface area contributed by atoms with Gasteiger partial charge >= 0.3 is 0 Å². The van der Waals surface area contributed by atoms with Gasteiger partial charge in [-0.25, -0.2) is 8.42 Å². The standard InChI is InChI=1S/C23H26N2O3S/c1-3-8-20-10-5-6-11-23(20)29(26,27)25(18-19-9-7-16-24-17-19)21-12-14-22(15-13-21)28-4-2/h5-7,9-17H,3-4,8,18H2,1-2H3. The fourth-order valence-corrected chi connectivity index (χ4v) is 4.91. The third-order valence-electron chi connectivity index (χ3n) is 4.54. The SMILES string of the molecule is CCCc1ccccc1S(=O)(=O)N(Cc1cccnc1)c1ccc(OCC)cc1. The molecule has 0 aliphatic heterocycles. The first-order chi connectivity index (χ1) is 14.1. The molecule has 1 aromatic heterocycles. The van der Waals surface area contributed by atoms with E-state index >= 15 is 0 Å². The normalized spacial score (nSPS) is 11.2. The molecule has 0 saturated heterocycles. The zero-order chi connectivity index (χ0) is 20.7. The molecule has 2 aromatic carbocycles. The molecular formula is C23H26N2O3S. The summed E-state index contributed by atoms with van der Waals surface area (Å²) in [5.41, 5.74) is 2.23. The fraction of sp³-hybridized carbons (Fsp3) is 0.261. The Labute approximate surface area is 173 Å². The van der Waals surface area contributed by atoms with E-state index in [1.54, 1.807) is 48.8 Å². The van der Waals surface area contributed by atoms with Crippen LogP contribution in [-0.2, 0) is 23.0 Å². The van der Waals surface area contributed by atoms with E-state index in [1.165, 1.54) is 4.31 Å². The Morgan fingerprint density at radius 1 is 0.966 bits per heavy atom. The molecule has 5 nitrogen and oxygen atoms in total. The average molecular weight is 411 g/mol. The van der Waals surface area contributed by atoms with Gasteiger partial charge in [0.15, 0.2) is 0 Å². The number of hydrogen-bond acceptors (Lipinski definition) is 4. The lowest BCUT2D eigenvalue weighted by molar-refractivity contribution is 0.340. The molecule has 152 valence electrons. The molecule has 0 radical (unpaired) electrons. The predicted molar refractivity (Wildman–Crippen MR) is 116 cm³/mol. The zero-order valence-corrected chi connectivity index (χ0v) is 17.6. The van der Waals surface area contributed by atoms with E-state index in [9.17, 15) is 8.42 Å². The van der Waals surface area contributed by atoms with Crippen LogP contribution in [0.5, 0.6) is 5.75 Å². The summed E-state index contributed by atoms with van der Waals surface area (Å²) in [5.74, 6) is 0.710. The smallest absolute Gasteiger partial charge is 0.264 e. The van der Waals surface area contributed by atoms with E-state index < -0.39 is 10.0 Å². The van der Waals surface area contributed by atoms with Gasteiger partial charge in [-0.1, -0.05) is 37.6 Å². The Hall–Kier alpha value is -2.86. The molecular weight excluding hydrogens is 384 g/mol. The number of anilines is 1. The van der Waals surface area contributed by atoms with Crippen molar-refractivity contribution in [2.75, 3.05) is 10.9 Å². The summed E-state index contributed by atoms with van der Waals surface area (Å²) in [7, 11) is -3.77. The van der Waals surface area contributed by atoms with Crippen LogP contribution < -0.4 is 9.04 Å². The molecule has 0 N–H and O–H groups in total. The minimum Gasteiger partial charge on any atom is -0.494 e. The molecule has 0 saturated carbocycles. The number of ether oxygens (including phenoxy) is 1. The quantitative estimate of drug-likeness (QED) is 0.507. The van der Waals surface area contributed by atoms with Crippen molar-refractivity contribution < 1.29 is 13.2 Å². The highest BCUT2D eigenvalue weighted by Gasteiger charge is 2.27. The molecule has 0 unspecified atom stereocenters. The first-order valence-corrected chi connectivity index (χ1v) is 11.2. The van der Waals surface area contributed by atoms with Crippen molar-refractivity contribution in [3.05, 3.63) is 84.2 Å². The minimum absolute atomic E-state index is 0.199. The van der Waals surface area contributed by atoms with Gasteiger partial charge in [0.25, 0.3) is 10.0 Å². The summed E-state index contributed by atoms with van der Waals surface area (Å²) < 4.78 is 34.4. The first kappa shape index (κ1) is 20.9. The zero-order valence-electron chi connectivity index (χ0n) is 16.8. The summed E-state index contributed by atoms with van der Waals surface area (Å²) in [6, 6.07) is 18.1. The number of hydrogen-bond donors (Lipinski definition) is 0. The molecule has 0 fully saturated rings. The number of benzene rings is 2. The number of nitrogens with zero attached hydrogens (tertiary/aromatic N) is 2. The average Bonchev–Trinajstić information content (AvgIpc) is 2.74. The van der Waals surface area contributed by atoms with Crippen molar-refractivity contribution in [1.82, 2.24) is 4.98 Å². The molecule has 0 aliphatic rings. The van der Waals surface area contributed by atoms with Crippen LogP contribution in [0.1, 0.15) is 31.4 Å². The van der Waals surface area contributed by atoms with Crippen LogP contribution in [0.25, 0.3) is 0 Å². The highest BCUT2D eigenvalue weighted by molar-refractivity contribution is 7.92. The molecule has 0 amide bonds. The van der Waals surface area contributed by atoms with Crippen molar-refractivity contribution in [1.29, 1.82) is 0 Å². The number of aryl methyl sites for hydroxylation is 1. The Bertz CT molecular complexity index is 1020. The van der Waals surface area contributed by atoms with Crippen molar-refractivity contribution in [3.8, 4) is 5.75 Å². The van der Waals surface area contributed by atoms with E-state index in [2.05, 4.69) is 4.98 Å². The Morgan fingerprint density at radius 2 is 1.72 bits per heavy atom. The Kier molecular flexibility index (Phi) is 6.88. The van der Waals surface area contributed by atoms with E-state index in [0.29, 0.717) is 29.4 Å². The van der Waals surface area contributed by atoms with Crippen molar-refractivity contribution in [2.24, 2.45) is 0 Å². The highest BCUT2D eigenvalue weighted by atomic mass is 32.2. The maximum Gasteiger partial charge on any atom is 0.264 e. The second-order valence-corrected chi connectivity index (χ2v) is 8.49. The summed E-state index contributed by atoms with van der Waals surface area (Å²) in [4.78, 5) is 4.48. The van der Waals surface area contributed by atoms with Crippen LogP contribution >= 0.6 is 0 Å². The lowest BCUT2D eigenvalue weighted by Crippen LogP contribution is -2.31. The molecule has 29 heavy (non-hydrogen) atoms. The minimum atomic E-state index is -3.77. The summed E-state index contributed by atoms with van der Waals surface area (Å²) in [6.45, 7) is 4.72. The van der Waals surface area contributed by atoms with Crippen LogP contribution in [0.3, 0.4) is 0 Å². The van der Waals surface area contributed by atoms with Gasteiger partial charge in [-0.3, -0.25) is 9.29 Å². The monoisotopic (exact) mass is 410 g/mol. The van der Waals surface area contributed by atoms with Crippen molar-refractivity contribution in [2.45, 2.75) is 38.1 Å². The van der Waals surface area contributed by atoms with Gasteiger partial charge in [0, 0.05) is 12.4 Å². The van der Waals surface area contributed by atoms with Gasteiger partial charge in [-0.05, 0) is 60.9 Å². The van der Waals surface area contributed by atoms with E-state index in [1.807, 2.05) is 38.1 Å². The first-order valence-electron chi connectivity index (χ1n) is 9.78. The Morgan fingerprint density at radius 3 is 2.38 bits per heavy atom. The van der Waals surface area contributed by atoms with Gasteiger partial charge in [0.2, 0.25) is 0 Å². The van der Waals surface area contributed by atoms with Gasteiger partial charge in [0.1, 0.15) is 5.75 Å². The van der Waals surface area contributed by atoms with Gasteiger partial charge in [-0.15, -0.1) is 0 Å². The van der Waals surface area contributed by atoms with Crippen LogP contribution in [-0.4, -0.2) is 20.0 Å². The molecule has 0 atom stereocenters. The number of aromatic nitrogens is 1. The lowest BCUT2D eigenvalue weighted by Gasteiger charge is -2.26. The second kappa shape index (κ2) is 9.56. The van der Waals surface area contributed by atoms with Crippen LogP contribution in [0.2, 0.25) is 0 Å². The van der Waals surface area contributed by atoms with Crippen molar-refractivity contribution in [3.63, 3.8) is 0 Å². The number of pyridine rings is 1. The predicted octanol–water partition coefficient (Wildman–Crippen LogP) is 4.83. The highest BCUT2D eigenvalue weighted by Crippen LogP contribution is 2.29. The fourth-order valence-electron chi connectivity index (χ4n) is 3.20. The topological polar surface area (TPSA) is 59.5 Å². The van der Waals surface area contributed by atoms with E-state index in [0.717, 1.165) is 17.5 Å². The molecule has 0 spiro atoms.